The van der Waals surface area contributed by atoms with Crippen molar-refractivity contribution in [3.05, 3.63) is 69.5 Å². The Hall–Kier alpha value is -2.83. The molecule has 1 unspecified atom stereocenters. The number of fused-ring (bicyclic) bond motifs is 1. The predicted molar refractivity (Wildman–Crippen MR) is 110 cm³/mol. The van der Waals surface area contributed by atoms with Gasteiger partial charge in [-0.3, -0.25) is 4.79 Å². The van der Waals surface area contributed by atoms with Crippen LogP contribution in [0.3, 0.4) is 0 Å². The van der Waals surface area contributed by atoms with E-state index in [4.69, 9.17) is 9.47 Å². The maximum absolute atomic E-state index is 12.3. The number of benzene rings is 2. The van der Waals surface area contributed by atoms with Crippen LogP contribution in [0.25, 0.3) is 10.9 Å². The summed E-state index contributed by atoms with van der Waals surface area (Å²) in [6.07, 6.45) is -0.714. The lowest BCUT2D eigenvalue weighted by atomic mass is 10.1. The molecule has 1 heterocycles. The van der Waals surface area contributed by atoms with Gasteiger partial charge in [0.1, 0.15) is 12.7 Å². The molecule has 0 aliphatic carbocycles. The summed E-state index contributed by atoms with van der Waals surface area (Å²) in [7, 11) is 1.57. The van der Waals surface area contributed by atoms with E-state index in [1.165, 1.54) is 0 Å². The van der Waals surface area contributed by atoms with Gasteiger partial charge in [-0.15, -0.1) is 0 Å². The number of aliphatic hydroxyl groups is 1. The van der Waals surface area contributed by atoms with E-state index < -0.39 is 6.10 Å². The highest BCUT2D eigenvalue weighted by molar-refractivity contribution is 5.82. The number of nitrogens with one attached hydrogen (secondary N) is 2. The number of aromatic amines is 1. The Morgan fingerprint density at radius 3 is 2.64 bits per heavy atom. The van der Waals surface area contributed by atoms with Crippen molar-refractivity contribution in [2.75, 3.05) is 20.3 Å². The van der Waals surface area contributed by atoms with E-state index in [9.17, 15) is 9.90 Å². The molecule has 0 radical (unpaired) electrons. The largest absolute Gasteiger partial charge is 0.493 e. The summed E-state index contributed by atoms with van der Waals surface area (Å²) in [4.78, 5) is 15.3. The van der Waals surface area contributed by atoms with E-state index in [0.29, 0.717) is 30.2 Å². The molecule has 6 nitrogen and oxygen atoms in total. The number of H-pyrrole nitrogens is 1. The monoisotopic (exact) mass is 382 g/mol. The molecule has 2 aromatic carbocycles. The van der Waals surface area contributed by atoms with Crippen LogP contribution in [0.15, 0.2) is 47.3 Å². The molecule has 0 amide bonds. The van der Waals surface area contributed by atoms with Crippen LogP contribution in [0.5, 0.6) is 11.5 Å². The molecular formula is C22H26N2O4. The second-order valence-electron chi connectivity index (χ2n) is 6.92. The zero-order valence-electron chi connectivity index (χ0n) is 16.4. The van der Waals surface area contributed by atoms with Gasteiger partial charge < -0.3 is 24.9 Å². The van der Waals surface area contributed by atoms with E-state index in [-0.39, 0.29) is 12.2 Å². The van der Waals surface area contributed by atoms with E-state index in [2.05, 4.69) is 16.4 Å². The lowest BCUT2D eigenvalue weighted by Gasteiger charge is -2.15. The Kier molecular flexibility index (Phi) is 6.34. The van der Waals surface area contributed by atoms with E-state index in [1.54, 1.807) is 19.2 Å². The number of aliphatic hydroxyl groups excluding tert-OH is 1. The summed E-state index contributed by atoms with van der Waals surface area (Å²) < 4.78 is 10.8. The fourth-order valence-electron chi connectivity index (χ4n) is 3.22. The second kappa shape index (κ2) is 8.91. The minimum absolute atomic E-state index is 0.119. The Bertz CT molecular complexity index is 1010. The first-order valence-corrected chi connectivity index (χ1v) is 9.25. The first kappa shape index (κ1) is 19.9. The van der Waals surface area contributed by atoms with Gasteiger partial charge in [0.25, 0.3) is 5.56 Å². The van der Waals surface area contributed by atoms with Crippen LogP contribution < -0.4 is 20.3 Å². The van der Waals surface area contributed by atoms with Crippen LogP contribution in [0.1, 0.15) is 16.7 Å². The quantitative estimate of drug-likeness (QED) is 0.558. The van der Waals surface area contributed by atoms with E-state index in [1.807, 2.05) is 38.1 Å². The number of aryl methyl sites for hydroxylation is 2. The SMILES string of the molecule is COc1ccccc1OCC(O)CNCc1cc2cc(C)cc(C)c2[nH]c1=O. The molecule has 148 valence electrons. The maximum Gasteiger partial charge on any atom is 0.252 e. The van der Waals surface area contributed by atoms with Gasteiger partial charge in [0.05, 0.1) is 12.6 Å². The standard InChI is InChI=1S/C22H26N2O4/c1-14-8-15(2)21-16(9-14)10-17(22(26)24-21)11-23-12-18(25)13-28-20-7-5-4-6-19(20)27-3/h4-10,18,23,25H,11-13H2,1-3H3,(H,24,26). The third kappa shape index (κ3) is 4.71. The molecule has 1 atom stereocenters. The third-order valence-electron chi connectivity index (χ3n) is 4.57. The highest BCUT2D eigenvalue weighted by Crippen LogP contribution is 2.25. The first-order chi connectivity index (χ1) is 13.5. The molecule has 0 aliphatic rings. The molecule has 0 spiro atoms. The average Bonchev–Trinajstić information content (AvgIpc) is 2.67. The number of methoxy groups -OCH3 is 1. The van der Waals surface area contributed by atoms with E-state index >= 15 is 0 Å². The summed E-state index contributed by atoms with van der Waals surface area (Å²) in [5.41, 5.74) is 3.59. The molecule has 0 fully saturated rings. The Morgan fingerprint density at radius 1 is 1.14 bits per heavy atom. The number of hydrogen-bond acceptors (Lipinski definition) is 5. The average molecular weight is 382 g/mol. The lowest BCUT2D eigenvalue weighted by molar-refractivity contribution is 0.104. The van der Waals surface area contributed by atoms with Crippen LogP contribution in [-0.4, -0.2) is 36.5 Å². The van der Waals surface area contributed by atoms with Gasteiger partial charge in [-0.25, -0.2) is 0 Å². The van der Waals surface area contributed by atoms with Gasteiger partial charge in [0.2, 0.25) is 0 Å². The van der Waals surface area contributed by atoms with Crippen LogP contribution in [0, 0.1) is 13.8 Å². The number of hydrogen-bond donors (Lipinski definition) is 3. The van der Waals surface area contributed by atoms with Crippen LogP contribution >= 0.6 is 0 Å². The first-order valence-electron chi connectivity index (χ1n) is 9.25. The highest BCUT2D eigenvalue weighted by atomic mass is 16.5. The number of ether oxygens (including phenoxy) is 2. The molecular weight excluding hydrogens is 356 g/mol. The van der Waals surface area contributed by atoms with Gasteiger partial charge in [0.15, 0.2) is 11.5 Å². The van der Waals surface area contributed by atoms with Gasteiger partial charge >= 0.3 is 0 Å². The number of aromatic nitrogens is 1. The van der Waals surface area contributed by atoms with Crippen molar-refractivity contribution in [1.29, 1.82) is 0 Å². The number of pyridine rings is 1. The van der Waals surface area contributed by atoms with Crippen LogP contribution in [0.4, 0.5) is 0 Å². The van der Waals surface area contributed by atoms with Crippen molar-refractivity contribution in [2.45, 2.75) is 26.5 Å². The zero-order valence-corrected chi connectivity index (χ0v) is 16.4. The van der Waals surface area contributed by atoms with Gasteiger partial charge in [0, 0.05) is 18.7 Å². The molecule has 6 heteroatoms. The van der Waals surface area contributed by atoms with Crippen LogP contribution in [0.2, 0.25) is 0 Å². The van der Waals surface area contributed by atoms with Crippen LogP contribution in [-0.2, 0) is 6.54 Å². The summed E-state index contributed by atoms with van der Waals surface area (Å²) in [5.74, 6) is 1.21. The van der Waals surface area contributed by atoms with Crippen molar-refractivity contribution in [1.82, 2.24) is 10.3 Å². The lowest BCUT2D eigenvalue weighted by Crippen LogP contribution is -2.32. The summed E-state index contributed by atoms with van der Waals surface area (Å²) in [6, 6.07) is 13.3. The molecule has 3 aromatic rings. The summed E-state index contributed by atoms with van der Waals surface area (Å²) in [6.45, 7) is 4.82. The Balaban J connectivity index is 1.57. The minimum Gasteiger partial charge on any atom is -0.493 e. The van der Waals surface area contributed by atoms with E-state index in [0.717, 1.165) is 22.0 Å². The molecule has 0 bridgehead atoms. The van der Waals surface area contributed by atoms with Gasteiger partial charge in [-0.2, -0.15) is 0 Å². The fourth-order valence-corrected chi connectivity index (χ4v) is 3.22. The normalized spacial score (nSPS) is 12.1. The van der Waals surface area contributed by atoms with Crippen molar-refractivity contribution < 1.29 is 14.6 Å². The summed E-state index contributed by atoms with van der Waals surface area (Å²) in [5, 5.41) is 14.3. The van der Waals surface area contributed by atoms with Gasteiger partial charge in [-0.1, -0.05) is 23.8 Å². The second-order valence-corrected chi connectivity index (χ2v) is 6.92. The topological polar surface area (TPSA) is 83.6 Å². The number of rotatable bonds is 8. The third-order valence-corrected chi connectivity index (χ3v) is 4.57. The minimum atomic E-state index is -0.714. The smallest absolute Gasteiger partial charge is 0.252 e. The van der Waals surface area contributed by atoms with Crippen molar-refractivity contribution in [2.24, 2.45) is 0 Å². The molecule has 0 saturated carbocycles. The zero-order chi connectivity index (χ0) is 20.1. The molecule has 0 aliphatic heterocycles. The molecule has 3 rings (SSSR count). The molecule has 0 saturated heterocycles. The molecule has 28 heavy (non-hydrogen) atoms. The molecule has 1 aromatic heterocycles. The molecule has 3 N–H and O–H groups in total. The number of para-hydroxylation sites is 2. The van der Waals surface area contributed by atoms with Gasteiger partial charge in [-0.05, 0) is 49.1 Å². The maximum atomic E-state index is 12.3. The Labute approximate surface area is 164 Å². The predicted octanol–water partition coefficient (Wildman–Crippen LogP) is 2.68. The van der Waals surface area contributed by atoms with Crippen molar-refractivity contribution >= 4 is 10.9 Å². The highest BCUT2D eigenvalue weighted by Gasteiger charge is 2.10. The fraction of sp³-hybridized carbons (Fsp3) is 0.318. The van der Waals surface area contributed by atoms with Crippen molar-refractivity contribution in [3.8, 4) is 11.5 Å². The van der Waals surface area contributed by atoms with Crippen molar-refractivity contribution in [3.63, 3.8) is 0 Å². The Morgan fingerprint density at radius 2 is 1.89 bits per heavy atom. The summed E-state index contributed by atoms with van der Waals surface area (Å²) >= 11 is 0.